The summed E-state index contributed by atoms with van der Waals surface area (Å²) in [4.78, 5) is 20.3. The molecule has 0 aromatic heterocycles. The van der Waals surface area contributed by atoms with Crippen molar-refractivity contribution < 1.29 is 27.7 Å². The number of carboxylic acid groups (broad SMARTS) is 1. The summed E-state index contributed by atoms with van der Waals surface area (Å²) in [5, 5.41) is 6.04. The Balaban J connectivity index is -0.000000605. The Kier molecular flexibility index (Phi) is 11.7. The molecule has 72 valence electrons. The Hall–Kier alpha value is 0.850. The maximum Gasteiger partial charge on any atom is 0.305 e. The molecule has 0 aliphatic carbocycles. The summed E-state index contributed by atoms with van der Waals surface area (Å²) < 4.78 is 28.9. The molecule has 4 N–H and O–H groups in total. The normalized spacial score (nSPS) is 11.8. The number of amides is 1. The fourth-order valence-corrected chi connectivity index (χ4v) is 1.16. The van der Waals surface area contributed by atoms with Crippen LogP contribution in [0.4, 0.5) is 0 Å². The first kappa shape index (κ1) is 20.3. The van der Waals surface area contributed by atoms with Gasteiger partial charge in [-0.1, -0.05) is 0 Å². The predicted molar refractivity (Wildman–Crippen MR) is 48.3 cm³/mol. The smallest absolute Gasteiger partial charge is 0.305 e. The quantitative estimate of drug-likeness (QED) is 0.367. The van der Waals surface area contributed by atoms with Gasteiger partial charge in [-0.25, -0.2) is 0 Å². The van der Waals surface area contributed by atoms with E-state index in [9.17, 15) is 18.0 Å². The summed E-state index contributed by atoms with van der Waals surface area (Å²) in [5.41, 5.74) is 4.53. The van der Waals surface area contributed by atoms with Crippen molar-refractivity contribution in [2.45, 2.75) is 11.7 Å². The third kappa shape index (κ3) is 8.18. The first-order valence-electron chi connectivity index (χ1n) is 2.72. The van der Waals surface area contributed by atoms with Gasteiger partial charge in [0.15, 0.2) is 5.25 Å². The Morgan fingerprint density at radius 1 is 1.29 bits per heavy atom. The van der Waals surface area contributed by atoms with Gasteiger partial charge in [0, 0.05) is 59.1 Å². The van der Waals surface area contributed by atoms with Crippen LogP contribution in [0, 0.1) is 0 Å². The third-order valence-electron chi connectivity index (χ3n) is 1.04. The van der Waals surface area contributed by atoms with Gasteiger partial charge < -0.3 is 10.8 Å². The second-order valence-electron chi connectivity index (χ2n) is 2.00. The van der Waals surface area contributed by atoms with Crippen LogP contribution in [0.3, 0.4) is 0 Å². The van der Waals surface area contributed by atoms with Gasteiger partial charge in [0.1, 0.15) is 0 Å². The van der Waals surface area contributed by atoms with Crippen molar-refractivity contribution >= 4 is 81.1 Å². The summed E-state index contributed by atoms with van der Waals surface area (Å²) in [5.74, 6) is -2.92. The second-order valence-corrected chi connectivity index (χ2v) is 3.60. The zero-order valence-electron chi connectivity index (χ0n) is 7.80. The number of nitrogens with two attached hydrogens (primary N) is 1. The van der Waals surface area contributed by atoms with E-state index in [1.165, 1.54) is 0 Å². The van der Waals surface area contributed by atoms with Crippen LogP contribution in [0.25, 0.3) is 0 Å². The number of carboxylic acids is 1. The van der Waals surface area contributed by atoms with E-state index in [1.807, 2.05) is 0 Å². The van der Waals surface area contributed by atoms with Gasteiger partial charge in [0.2, 0.25) is 5.91 Å². The molecule has 2 radical (unpaired) electrons. The van der Waals surface area contributed by atoms with Crippen molar-refractivity contribution in [2.75, 3.05) is 0 Å². The minimum absolute atomic E-state index is 0. The molecule has 1 unspecified atom stereocenters. The van der Waals surface area contributed by atoms with Gasteiger partial charge in [-0.3, -0.25) is 14.1 Å². The van der Waals surface area contributed by atoms with Crippen molar-refractivity contribution in [3.63, 3.8) is 0 Å². The minimum Gasteiger partial charge on any atom is -0.481 e. The number of rotatable bonds is 4. The molecule has 0 fully saturated rings. The maximum atomic E-state index is 10.3. The number of hydrogen-bond acceptors (Lipinski definition) is 4. The SMILES string of the molecule is NC(=O)C(CC(=O)O)S(=O)(=O)O.[Na].[Na]. The van der Waals surface area contributed by atoms with Gasteiger partial charge in [-0.05, 0) is 0 Å². The molecule has 14 heavy (non-hydrogen) atoms. The second kappa shape index (κ2) is 8.05. The Morgan fingerprint density at radius 3 is 1.71 bits per heavy atom. The predicted octanol–water partition coefficient (Wildman–Crippen LogP) is -2.56. The molecule has 0 aromatic rings. The van der Waals surface area contributed by atoms with E-state index in [0.717, 1.165) is 0 Å². The zero-order chi connectivity index (χ0) is 9.94. The zero-order valence-corrected chi connectivity index (χ0v) is 12.6. The largest absolute Gasteiger partial charge is 0.481 e. The Labute approximate surface area is 125 Å². The van der Waals surface area contributed by atoms with Crippen molar-refractivity contribution in [2.24, 2.45) is 5.73 Å². The average Bonchev–Trinajstić information content (AvgIpc) is 1.79. The first-order valence-corrected chi connectivity index (χ1v) is 4.23. The van der Waals surface area contributed by atoms with Crippen LogP contribution in [0.15, 0.2) is 0 Å². The Morgan fingerprint density at radius 2 is 1.64 bits per heavy atom. The molecular weight excluding hydrogens is 236 g/mol. The van der Waals surface area contributed by atoms with Gasteiger partial charge in [0.25, 0.3) is 10.1 Å². The summed E-state index contributed by atoms with van der Waals surface area (Å²) in [7, 11) is -4.71. The van der Waals surface area contributed by atoms with Crippen LogP contribution >= 0.6 is 0 Å². The standard InChI is InChI=1S/C4H7NO6S.2Na/c5-4(8)2(1-3(6)7)12(9,10)11;;/h2H,1H2,(H2,5,8)(H,6,7)(H,9,10,11);;. The van der Waals surface area contributed by atoms with Crippen LogP contribution in [-0.4, -0.2) is 94.3 Å². The third-order valence-corrected chi connectivity index (χ3v) is 2.15. The summed E-state index contributed by atoms with van der Waals surface area (Å²) in [6.45, 7) is 0. The van der Waals surface area contributed by atoms with E-state index in [0.29, 0.717) is 0 Å². The van der Waals surface area contributed by atoms with E-state index in [-0.39, 0.29) is 59.1 Å². The number of primary amides is 1. The molecule has 0 aliphatic heterocycles. The molecule has 7 nitrogen and oxygen atoms in total. The van der Waals surface area contributed by atoms with E-state index in [4.69, 9.17) is 9.66 Å². The molecular formula is C4H7NNa2O6S. The number of carbonyl (C=O) groups is 2. The summed E-state index contributed by atoms with van der Waals surface area (Å²) >= 11 is 0. The van der Waals surface area contributed by atoms with Crippen molar-refractivity contribution in [3.8, 4) is 0 Å². The van der Waals surface area contributed by atoms with Crippen LogP contribution in [-0.2, 0) is 19.7 Å². The molecule has 0 bridgehead atoms. The first-order chi connectivity index (χ1) is 5.25. The van der Waals surface area contributed by atoms with Gasteiger partial charge >= 0.3 is 5.97 Å². The topological polar surface area (TPSA) is 135 Å². The molecule has 0 spiro atoms. The molecule has 0 heterocycles. The van der Waals surface area contributed by atoms with E-state index < -0.39 is 33.7 Å². The number of hydrogen-bond donors (Lipinski definition) is 3. The molecule has 1 amide bonds. The Bertz CT molecular complexity index is 301. The molecule has 0 rings (SSSR count). The molecule has 10 heteroatoms. The van der Waals surface area contributed by atoms with Gasteiger partial charge in [0.05, 0.1) is 6.42 Å². The minimum atomic E-state index is -4.71. The molecule has 0 saturated carbocycles. The van der Waals surface area contributed by atoms with E-state index in [1.54, 1.807) is 0 Å². The number of aliphatic carboxylic acids is 1. The molecule has 0 aliphatic rings. The van der Waals surface area contributed by atoms with Crippen molar-refractivity contribution in [3.05, 3.63) is 0 Å². The van der Waals surface area contributed by atoms with Crippen LogP contribution < -0.4 is 5.73 Å². The summed E-state index contributed by atoms with van der Waals surface area (Å²) in [6, 6.07) is 0. The van der Waals surface area contributed by atoms with Crippen LogP contribution in [0.2, 0.25) is 0 Å². The summed E-state index contributed by atoms with van der Waals surface area (Å²) in [6.07, 6.45) is -1.03. The van der Waals surface area contributed by atoms with E-state index in [2.05, 4.69) is 5.73 Å². The fourth-order valence-electron chi connectivity index (χ4n) is 0.511. The van der Waals surface area contributed by atoms with E-state index >= 15 is 0 Å². The molecule has 1 atom stereocenters. The van der Waals surface area contributed by atoms with Crippen LogP contribution in [0.5, 0.6) is 0 Å². The number of carbonyl (C=O) groups excluding carboxylic acids is 1. The van der Waals surface area contributed by atoms with Gasteiger partial charge in [-0.2, -0.15) is 8.42 Å². The van der Waals surface area contributed by atoms with Crippen molar-refractivity contribution in [1.82, 2.24) is 0 Å². The maximum absolute atomic E-state index is 10.3. The van der Waals surface area contributed by atoms with Crippen LogP contribution in [0.1, 0.15) is 6.42 Å². The van der Waals surface area contributed by atoms with Gasteiger partial charge in [-0.15, -0.1) is 0 Å². The average molecular weight is 243 g/mol. The fraction of sp³-hybridized carbons (Fsp3) is 0.500. The molecule has 0 saturated heterocycles. The molecule has 0 aromatic carbocycles. The monoisotopic (exact) mass is 243 g/mol. The van der Waals surface area contributed by atoms with Crippen molar-refractivity contribution in [1.29, 1.82) is 0 Å².